The van der Waals surface area contributed by atoms with E-state index in [1.165, 1.54) is 12.1 Å². The number of nitro benzene ring substituents is 1. The third-order valence-corrected chi connectivity index (χ3v) is 4.50. The zero-order valence-electron chi connectivity index (χ0n) is 11.2. The van der Waals surface area contributed by atoms with E-state index in [1.807, 2.05) is 4.90 Å². The maximum atomic E-state index is 13.7. The number of hydrogen-bond donors (Lipinski definition) is 0. The second-order valence-corrected chi connectivity index (χ2v) is 5.96. The first-order valence-electron chi connectivity index (χ1n) is 6.67. The molecule has 3 rings (SSSR count). The fourth-order valence-electron chi connectivity index (χ4n) is 2.80. The van der Waals surface area contributed by atoms with Gasteiger partial charge in [-0.1, -0.05) is 0 Å². The van der Waals surface area contributed by atoms with Gasteiger partial charge in [0.05, 0.1) is 22.6 Å². The molecule has 0 aliphatic carbocycles. The van der Waals surface area contributed by atoms with Gasteiger partial charge in [0.15, 0.2) is 5.79 Å². The molecule has 114 valence electrons. The molecule has 2 fully saturated rings. The maximum Gasteiger partial charge on any atom is 0.293 e. The zero-order valence-corrected chi connectivity index (χ0v) is 12.8. The smallest absolute Gasteiger partial charge is 0.293 e. The Kier molecular flexibility index (Phi) is 3.85. The van der Waals surface area contributed by atoms with Crippen molar-refractivity contribution in [3.05, 3.63) is 32.5 Å². The fourth-order valence-corrected chi connectivity index (χ4v) is 3.13. The molecule has 2 heterocycles. The molecule has 0 amide bonds. The fraction of sp³-hybridized carbons (Fsp3) is 0.538. The van der Waals surface area contributed by atoms with E-state index in [4.69, 9.17) is 9.47 Å². The SMILES string of the molecule is O=[N+]([O-])c1cc(Br)c(F)cc1N1CCC2(CC1)OCCO2. The van der Waals surface area contributed by atoms with E-state index in [-0.39, 0.29) is 10.2 Å². The largest absolute Gasteiger partial charge is 0.365 e. The van der Waals surface area contributed by atoms with Crippen molar-refractivity contribution in [1.82, 2.24) is 0 Å². The van der Waals surface area contributed by atoms with Crippen LogP contribution in [0.1, 0.15) is 12.8 Å². The summed E-state index contributed by atoms with van der Waals surface area (Å²) in [7, 11) is 0. The quantitative estimate of drug-likeness (QED) is 0.599. The molecular formula is C13H14BrFN2O4. The van der Waals surface area contributed by atoms with Crippen LogP contribution >= 0.6 is 15.9 Å². The van der Waals surface area contributed by atoms with Gasteiger partial charge in [0.1, 0.15) is 11.5 Å². The van der Waals surface area contributed by atoms with Crippen molar-refractivity contribution in [2.75, 3.05) is 31.2 Å². The molecule has 0 atom stereocenters. The predicted molar refractivity (Wildman–Crippen MR) is 76.8 cm³/mol. The van der Waals surface area contributed by atoms with E-state index in [2.05, 4.69) is 15.9 Å². The lowest BCUT2D eigenvalue weighted by molar-refractivity contribution is -0.384. The number of nitro groups is 1. The molecule has 0 saturated carbocycles. The average Bonchev–Trinajstić information content (AvgIpc) is 2.90. The van der Waals surface area contributed by atoms with Crippen molar-refractivity contribution in [1.29, 1.82) is 0 Å². The van der Waals surface area contributed by atoms with Crippen LogP contribution in [0.2, 0.25) is 0 Å². The Balaban J connectivity index is 1.84. The summed E-state index contributed by atoms with van der Waals surface area (Å²) in [5, 5.41) is 11.2. The van der Waals surface area contributed by atoms with Crippen LogP contribution in [0.15, 0.2) is 16.6 Å². The number of ether oxygens (including phenoxy) is 2. The van der Waals surface area contributed by atoms with Crippen LogP contribution < -0.4 is 4.90 Å². The van der Waals surface area contributed by atoms with Gasteiger partial charge in [-0.05, 0) is 15.9 Å². The van der Waals surface area contributed by atoms with E-state index in [0.717, 1.165) is 0 Å². The summed E-state index contributed by atoms with van der Waals surface area (Å²) in [5.74, 6) is -1.07. The molecule has 2 saturated heterocycles. The molecule has 0 N–H and O–H groups in total. The van der Waals surface area contributed by atoms with Gasteiger partial charge in [-0.15, -0.1) is 0 Å². The summed E-state index contributed by atoms with van der Waals surface area (Å²) < 4.78 is 25.1. The van der Waals surface area contributed by atoms with Gasteiger partial charge < -0.3 is 14.4 Å². The Morgan fingerprint density at radius 2 is 1.90 bits per heavy atom. The Bertz CT molecular complexity index is 568. The molecule has 0 aromatic heterocycles. The van der Waals surface area contributed by atoms with E-state index in [0.29, 0.717) is 44.8 Å². The number of piperidine rings is 1. The molecule has 0 radical (unpaired) electrons. The molecule has 0 unspecified atom stereocenters. The van der Waals surface area contributed by atoms with Crippen molar-refractivity contribution in [3.8, 4) is 0 Å². The van der Waals surface area contributed by atoms with Gasteiger partial charge >= 0.3 is 0 Å². The minimum atomic E-state index is -0.556. The summed E-state index contributed by atoms with van der Waals surface area (Å²) in [4.78, 5) is 12.5. The molecule has 2 aliphatic heterocycles. The number of rotatable bonds is 2. The summed E-state index contributed by atoms with van der Waals surface area (Å²) >= 11 is 2.98. The van der Waals surface area contributed by atoms with Crippen LogP contribution in [-0.2, 0) is 9.47 Å². The van der Waals surface area contributed by atoms with Crippen LogP contribution in [0.4, 0.5) is 15.8 Å². The minimum absolute atomic E-state index is 0.0916. The third kappa shape index (κ3) is 2.75. The second kappa shape index (κ2) is 5.51. The highest BCUT2D eigenvalue weighted by atomic mass is 79.9. The first kappa shape index (κ1) is 14.7. The van der Waals surface area contributed by atoms with Crippen LogP contribution in [0.5, 0.6) is 0 Å². The van der Waals surface area contributed by atoms with E-state index < -0.39 is 16.5 Å². The van der Waals surface area contributed by atoms with Crippen LogP contribution in [0, 0.1) is 15.9 Å². The highest BCUT2D eigenvalue weighted by molar-refractivity contribution is 9.10. The maximum absolute atomic E-state index is 13.7. The van der Waals surface area contributed by atoms with Gasteiger partial charge in [-0.2, -0.15) is 0 Å². The molecule has 1 spiro atoms. The van der Waals surface area contributed by atoms with Crippen LogP contribution in [-0.4, -0.2) is 37.0 Å². The van der Waals surface area contributed by atoms with Crippen molar-refractivity contribution >= 4 is 27.3 Å². The highest BCUT2D eigenvalue weighted by Gasteiger charge is 2.40. The van der Waals surface area contributed by atoms with E-state index in [1.54, 1.807) is 0 Å². The lowest BCUT2D eigenvalue weighted by Gasteiger charge is -2.38. The Hall–Kier alpha value is -1.25. The van der Waals surface area contributed by atoms with Gasteiger partial charge in [-0.3, -0.25) is 10.1 Å². The topological polar surface area (TPSA) is 64.8 Å². The zero-order chi connectivity index (χ0) is 15.0. The summed E-state index contributed by atoms with van der Waals surface area (Å²) in [5.41, 5.74) is 0.195. The van der Waals surface area contributed by atoms with Crippen molar-refractivity contribution in [2.24, 2.45) is 0 Å². The molecular weight excluding hydrogens is 347 g/mol. The van der Waals surface area contributed by atoms with Gasteiger partial charge in [0.2, 0.25) is 0 Å². The van der Waals surface area contributed by atoms with Crippen LogP contribution in [0.3, 0.4) is 0 Å². The van der Waals surface area contributed by atoms with Gasteiger partial charge in [0.25, 0.3) is 5.69 Å². The first-order chi connectivity index (χ1) is 10.0. The number of nitrogens with zero attached hydrogens (tertiary/aromatic N) is 2. The van der Waals surface area contributed by atoms with E-state index >= 15 is 0 Å². The predicted octanol–water partition coefficient (Wildman–Crippen LogP) is 2.84. The number of benzene rings is 1. The number of anilines is 1. The van der Waals surface area contributed by atoms with Crippen molar-refractivity contribution in [3.63, 3.8) is 0 Å². The number of hydrogen-bond acceptors (Lipinski definition) is 5. The van der Waals surface area contributed by atoms with Gasteiger partial charge in [0, 0.05) is 38.1 Å². The summed E-state index contributed by atoms with van der Waals surface area (Å²) in [6, 6.07) is 2.41. The Morgan fingerprint density at radius 3 is 2.48 bits per heavy atom. The van der Waals surface area contributed by atoms with E-state index in [9.17, 15) is 14.5 Å². The Morgan fingerprint density at radius 1 is 1.29 bits per heavy atom. The molecule has 21 heavy (non-hydrogen) atoms. The second-order valence-electron chi connectivity index (χ2n) is 5.11. The molecule has 2 aliphatic rings. The normalized spacial score (nSPS) is 21.0. The van der Waals surface area contributed by atoms with Gasteiger partial charge in [-0.25, -0.2) is 4.39 Å². The lowest BCUT2D eigenvalue weighted by atomic mass is 10.0. The molecule has 8 heteroatoms. The highest BCUT2D eigenvalue weighted by Crippen LogP contribution is 2.38. The average molecular weight is 361 g/mol. The minimum Gasteiger partial charge on any atom is -0.365 e. The Labute approximate surface area is 129 Å². The van der Waals surface area contributed by atoms with Crippen molar-refractivity contribution < 1.29 is 18.8 Å². The first-order valence-corrected chi connectivity index (χ1v) is 7.46. The molecule has 1 aromatic rings. The van der Waals surface area contributed by atoms with Crippen LogP contribution in [0.25, 0.3) is 0 Å². The lowest BCUT2D eigenvalue weighted by Crippen LogP contribution is -2.45. The molecule has 1 aromatic carbocycles. The molecule has 6 nitrogen and oxygen atoms in total. The summed E-state index contributed by atoms with van der Waals surface area (Å²) in [6.07, 6.45) is 1.23. The standard InChI is InChI=1S/C13H14BrFN2O4/c14-9-7-12(17(18)19)11(8-10(9)15)16-3-1-13(2-4-16)20-5-6-21-13/h7-8H,1-6H2. The number of halogens is 2. The van der Waals surface area contributed by atoms with Crippen molar-refractivity contribution in [2.45, 2.75) is 18.6 Å². The summed E-state index contributed by atoms with van der Waals surface area (Å²) in [6.45, 7) is 2.21. The monoisotopic (exact) mass is 360 g/mol. The molecule has 0 bridgehead atoms. The third-order valence-electron chi connectivity index (χ3n) is 3.89.